The van der Waals surface area contributed by atoms with Crippen molar-refractivity contribution in [2.75, 3.05) is 18.4 Å². The van der Waals surface area contributed by atoms with Crippen molar-refractivity contribution >= 4 is 45.2 Å². The van der Waals surface area contributed by atoms with Crippen molar-refractivity contribution in [1.82, 2.24) is 14.7 Å². The van der Waals surface area contributed by atoms with Gasteiger partial charge in [0, 0.05) is 33.2 Å². The fraction of sp³-hybridized carbons (Fsp3) is 0.148. The quantitative estimate of drug-likeness (QED) is 0.274. The molecule has 6 nitrogen and oxygen atoms in total. The number of anilines is 1. The molecular weight excluding hydrogens is 528 g/mol. The predicted molar refractivity (Wildman–Crippen MR) is 143 cm³/mol. The summed E-state index contributed by atoms with van der Waals surface area (Å²) in [6.45, 7) is 2.37. The lowest BCUT2D eigenvalue weighted by Crippen LogP contribution is -2.38. The van der Waals surface area contributed by atoms with Gasteiger partial charge in [-0.15, -0.1) is 0 Å². The third-order valence-electron chi connectivity index (χ3n) is 5.32. The Bertz CT molecular complexity index is 1310. The summed E-state index contributed by atoms with van der Waals surface area (Å²) >= 11 is 9.44. The van der Waals surface area contributed by atoms with E-state index in [-0.39, 0.29) is 18.4 Å². The Balaban J connectivity index is 1.59. The fourth-order valence-corrected chi connectivity index (χ4v) is 4.04. The van der Waals surface area contributed by atoms with Gasteiger partial charge >= 0.3 is 0 Å². The number of carbonyl (C=O) groups is 2. The van der Waals surface area contributed by atoms with E-state index in [0.29, 0.717) is 28.6 Å². The van der Waals surface area contributed by atoms with Gasteiger partial charge in [-0.2, -0.15) is 5.10 Å². The predicted octanol–water partition coefficient (Wildman–Crippen LogP) is 6.45. The van der Waals surface area contributed by atoms with Gasteiger partial charge in [-0.25, -0.2) is 4.68 Å². The number of hydrogen-bond acceptors (Lipinski definition) is 3. The molecule has 0 aliphatic rings. The van der Waals surface area contributed by atoms with Crippen LogP contribution in [0.25, 0.3) is 16.9 Å². The highest BCUT2D eigenvalue weighted by molar-refractivity contribution is 9.10. The van der Waals surface area contributed by atoms with E-state index in [0.717, 1.165) is 22.1 Å². The van der Waals surface area contributed by atoms with Crippen LogP contribution in [0.4, 0.5) is 5.82 Å². The number of benzene rings is 3. The summed E-state index contributed by atoms with van der Waals surface area (Å²) in [6.07, 6.45) is 0.733. The van der Waals surface area contributed by atoms with E-state index in [1.807, 2.05) is 67.6 Å². The third-order valence-corrected chi connectivity index (χ3v) is 6.10. The van der Waals surface area contributed by atoms with Crippen molar-refractivity contribution in [3.05, 3.63) is 100.0 Å². The Morgan fingerprint density at radius 1 is 1.00 bits per heavy atom. The largest absolute Gasteiger partial charge is 0.329 e. The van der Waals surface area contributed by atoms with Crippen molar-refractivity contribution in [2.24, 2.45) is 0 Å². The molecule has 1 heterocycles. The van der Waals surface area contributed by atoms with Gasteiger partial charge in [0.05, 0.1) is 11.4 Å². The summed E-state index contributed by atoms with van der Waals surface area (Å²) in [5.41, 5.74) is 2.93. The molecule has 0 saturated carbocycles. The molecule has 0 fully saturated rings. The van der Waals surface area contributed by atoms with Crippen LogP contribution in [0.2, 0.25) is 5.02 Å². The maximum absolute atomic E-state index is 13.1. The van der Waals surface area contributed by atoms with Crippen LogP contribution in [-0.2, 0) is 4.79 Å². The lowest BCUT2D eigenvalue weighted by Gasteiger charge is -2.22. The molecular formula is C27H24BrClN4O2. The molecule has 1 N–H and O–H groups in total. The molecule has 0 aliphatic heterocycles. The maximum atomic E-state index is 13.1. The smallest absolute Gasteiger partial charge is 0.254 e. The van der Waals surface area contributed by atoms with Crippen LogP contribution in [0.5, 0.6) is 0 Å². The number of halogens is 2. The minimum Gasteiger partial charge on any atom is -0.329 e. The molecule has 0 unspecified atom stereocenters. The number of aromatic nitrogens is 2. The second kappa shape index (κ2) is 11.3. The number of nitrogens with zero attached hydrogens (tertiary/aromatic N) is 3. The Hall–Kier alpha value is -3.42. The van der Waals surface area contributed by atoms with E-state index in [9.17, 15) is 9.59 Å². The minimum absolute atomic E-state index is 0.0742. The normalized spacial score (nSPS) is 10.7. The van der Waals surface area contributed by atoms with Gasteiger partial charge in [-0.1, -0.05) is 64.8 Å². The van der Waals surface area contributed by atoms with Gasteiger partial charge in [0.1, 0.15) is 12.4 Å². The summed E-state index contributed by atoms with van der Waals surface area (Å²) in [5.74, 6) is 0.00744. The van der Waals surface area contributed by atoms with Gasteiger partial charge in [0.25, 0.3) is 5.91 Å². The summed E-state index contributed by atoms with van der Waals surface area (Å²) < 4.78 is 2.55. The SMILES string of the molecule is CCCN(CC(=O)Nc1cc(-c2ccccc2)nn1-c1ccc(Cl)cc1)C(=O)c1ccc(Br)cc1. The molecule has 3 aromatic carbocycles. The number of amides is 2. The molecule has 8 heteroatoms. The second-order valence-electron chi connectivity index (χ2n) is 7.95. The van der Waals surface area contributed by atoms with E-state index >= 15 is 0 Å². The van der Waals surface area contributed by atoms with E-state index in [1.54, 1.807) is 33.8 Å². The van der Waals surface area contributed by atoms with Crippen LogP contribution < -0.4 is 5.32 Å². The molecule has 0 radical (unpaired) electrons. The number of nitrogens with one attached hydrogen (secondary N) is 1. The zero-order chi connectivity index (χ0) is 24.8. The van der Waals surface area contributed by atoms with Crippen LogP contribution in [0.3, 0.4) is 0 Å². The number of carbonyl (C=O) groups excluding carboxylic acids is 2. The van der Waals surface area contributed by atoms with Crippen LogP contribution in [0.1, 0.15) is 23.7 Å². The Morgan fingerprint density at radius 3 is 2.34 bits per heavy atom. The van der Waals surface area contributed by atoms with Gasteiger partial charge in [-0.3, -0.25) is 9.59 Å². The monoisotopic (exact) mass is 550 g/mol. The number of hydrogen-bond donors (Lipinski definition) is 1. The Morgan fingerprint density at radius 2 is 1.69 bits per heavy atom. The van der Waals surface area contributed by atoms with Crippen molar-refractivity contribution in [3.63, 3.8) is 0 Å². The molecule has 0 saturated heterocycles. The van der Waals surface area contributed by atoms with E-state index in [1.165, 1.54) is 0 Å². The highest BCUT2D eigenvalue weighted by Gasteiger charge is 2.20. The van der Waals surface area contributed by atoms with Gasteiger partial charge in [-0.05, 0) is 55.0 Å². The standard InChI is InChI=1S/C27H24BrClN4O2/c1-2-16-32(27(35)20-8-10-21(28)11-9-20)18-26(34)30-25-17-24(19-6-4-3-5-7-19)31-33(25)23-14-12-22(29)13-15-23/h3-15,17H,2,16,18H2,1H3,(H,30,34). The van der Waals surface area contributed by atoms with Crippen molar-refractivity contribution in [3.8, 4) is 16.9 Å². The molecule has 2 amide bonds. The van der Waals surface area contributed by atoms with Crippen LogP contribution in [0, 0.1) is 0 Å². The van der Waals surface area contributed by atoms with Crippen molar-refractivity contribution < 1.29 is 9.59 Å². The highest BCUT2D eigenvalue weighted by atomic mass is 79.9. The topological polar surface area (TPSA) is 67.2 Å². The van der Waals surface area contributed by atoms with Crippen LogP contribution in [-0.4, -0.2) is 39.6 Å². The first kappa shape index (κ1) is 24.7. The molecule has 4 rings (SSSR count). The zero-order valence-electron chi connectivity index (χ0n) is 19.1. The van der Waals surface area contributed by atoms with Gasteiger partial charge in [0.15, 0.2) is 0 Å². The molecule has 35 heavy (non-hydrogen) atoms. The lowest BCUT2D eigenvalue weighted by atomic mass is 10.1. The summed E-state index contributed by atoms with van der Waals surface area (Å²) in [4.78, 5) is 27.7. The first-order valence-corrected chi connectivity index (χ1v) is 12.4. The lowest BCUT2D eigenvalue weighted by molar-refractivity contribution is -0.116. The van der Waals surface area contributed by atoms with Crippen LogP contribution >= 0.6 is 27.5 Å². The molecule has 0 bridgehead atoms. The van der Waals surface area contributed by atoms with Crippen molar-refractivity contribution in [2.45, 2.75) is 13.3 Å². The van der Waals surface area contributed by atoms with Gasteiger partial charge < -0.3 is 10.2 Å². The average molecular weight is 552 g/mol. The van der Waals surface area contributed by atoms with E-state index < -0.39 is 0 Å². The molecule has 0 atom stereocenters. The summed E-state index contributed by atoms with van der Waals surface area (Å²) in [5, 5.41) is 8.27. The molecule has 0 spiro atoms. The molecule has 178 valence electrons. The summed E-state index contributed by atoms with van der Waals surface area (Å²) in [6, 6.07) is 25.9. The fourth-order valence-electron chi connectivity index (χ4n) is 3.65. The van der Waals surface area contributed by atoms with Crippen molar-refractivity contribution in [1.29, 1.82) is 0 Å². The number of rotatable bonds is 8. The average Bonchev–Trinajstić information content (AvgIpc) is 3.28. The van der Waals surface area contributed by atoms with Gasteiger partial charge in [0.2, 0.25) is 5.91 Å². The summed E-state index contributed by atoms with van der Waals surface area (Å²) in [7, 11) is 0. The van der Waals surface area contributed by atoms with E-state index in [2.05, 4.69) is 21.2 Å². The van der Waals surface area contributed by atoms with Crippen LogP contribution in [0.15, 0.2) is 89.4 Å². The molecule has 4 aromatic rings. The minimum atomic E-state index is -0.307. The molecule has 0 aliphatic carbocycles. The molecule has 1 aromatic heterocycles. The highest BCUT2D eigenvalue weighted by Crippen LogP contribution is 2.25. The first-order chi connectivity index (χ1) is 16.9. The second-order valence-corrected chi connectivity index (χ2v) is 9.30. The third kappa shape index (κ3) is 6.18. The Labute approximate surface area is 217 Å². The first-order valence-electron chi connectivity index (χ1n) is 11.2. The van der Waals surface area contributed by atoms with E-state index in [4.69, 9.17) is 16.7 Å². The maximum Gasteiger partial charge on any atom is 0.254 e. The Kier molecular flexibility index (Phi) is 8.00. The zero-order valence-corrected chi connectivity index (χ0v) is 21.5.